The zero-order valence-electron chi connectivity index (χ0n) is 12.7. The summed E-state index contributed by atoms with van der Waals surface area (Å²) in [5.74, 6) is 1.79. The molecule has 3 unspecified atom stereocenters. The number of hydrogen-bond donors (Lipinski definition) is 1. The summed E-state index contributed by atoms with van der Waals surface area (Å²) in [6, 6.07) is 2.82. The maximum atomic E-state index is 4.30. The molecule has 0 amide bonds. The molecule has 0 aliphatic heterocycles. The van der Waals surface area contributed by atoms with E-state index < -0.39 is 0 Å². The third-order valence-electron chi connectivity index (χ3n) is 4.60. The van der Waals surface area contributed by atoms with Crippen LogP contribution in [0, 0.1) is 11.8 Å². The Morgan fingerprint density at radius 3 is 2.85 bits per heavy atom. The van der Waals surface area contributed by atoms with Gasteiger partial charge in [0, 0.05) is 22.9 Å². The highest BCUT2D eigenvalue weighted by atomic mass is 79.9. The van der Waals surface area contributed by atoms with Gasteiger partial charge in [-0.3, -0.25) is 4.98 Å². The van der Waals surface area contributed by atoms with Crippen LogP contribution in [0.25, 0.3) is 0 Å². The average Bonchev–Trinajstić information content (AvgIpc) is 2.92. The summed E-state index contributed by atoms with van der Waals surface area (Å²) in [7, 11) is 0. The molecule has 1 N–H and O–H groups in total. The molecule has 3 heteroatoms. The van der Waals surface area contributed by atoms with Gasteiger partial charge in [0.2, 0.25) is 0 Å². The molecule has 0 saturated heterocycles. The molecule has 0 bridgehead atoms. The fourth-order valence-electron chi connectivity index (χ4n) is 3.41. The normalized spacial score (nSPS) is 23.9. The molecule has 1 aromatic heterocycles. The van der Waals surface area contributed by atoms with Crippen molar-refractivity contribution in [2.24, 2.45) is 11.8 Å². The Morgan fingerprint density at radius 2 is 2.20 bits per heavy atom. The van der Waals surface area contributed by atoms with Crippen LogP contribution in [0.1, 0.15) is 51.5 Å². The maximum Gasteiger partial charge on any atom is 0.0410 e. The van der Waals surface area contributed by atoms with Crippen molar-refractivity contribution < 1.29 is 0 Å². The lowest BCUT2D eigenvalue weighted by molar-refractivity contribution is 0.344. The lowest BCUT2D eigenvalue weighted by Gasteiger charge is -2.25. The molecule has 2 rings (SSSR count). The first kappa shape index (κ1) is 16.0. The summed E-state index contributed by atoms with van der Waals surface area (Å²) in [6.07, 6.45) is 11.7. The Hall–Kier alpha value is -0.410. The van der Waals surface area contributed by atoms with Crippen LogP contribution in [0.3, 0.4) is 0 Å². The van der Waals surface area contributed by atoms with Gasteiger partial charge in [0.25, 0.3) is 0 Å². The minimum atomic E-state index is 0.614. The van der Waals surface area contributed by atoms with E-state index in [0.29, 0.717) is 6.04 Å². The Balaban J connectivity index is 2.00. The zero-order chi connectivity index (χ0) is 14.4. The van der Waals surface area contributed by atoms with Gasteiger partial charge in [0.1, 0.15) is 0 Å². The summed E-state index contributed by atoms with van der Waals surface area (Å²) in [6.45, 7) is 5.70. The van der Waals surface area contributed by atoms with Crippen LogP contribution in [0.15, 0.2) is 22.9 Å². The molecule has 112 valence electrons. The van der Waals surface area contributed by atoms with Crippen LogP contribution in [0.2, 0.25) is 0 Å². The zero-order valence-corrected chi connectivity index (χ0v) is 14.3. The van der Waals surface area contributed by atoms with Crippen molar-refractivity contribution >= 4 is 15.9 Å². The van der Waals surface area contributed by atoms with Crippen LogP contribution < -0.4 is 5.32 Å². The van der Waals surface area contributed by atoms with Crippen LogP contribution in [-0.4, -0.2) is 17.6 Å². The van der Waals surface area contributed by atoms with Gasteiger partial charge < -0.3 is 5.32 Å². The highest BCUT2D eigenvalue weighted by molar-refractivity contribution is 9.10. The first-order valence-electron chi connectivity index (χ1n) is 8.05. The van der Waals surface area contributed by atoms with Gasteiger partial charge in [-0.1, -0.05) is 26.7 Å². The van der Waals surface area contributed by atoms with Crippen molar-refractivity contribution in [3.05, 3.63) is 28.5 Å². The lowest BCUT2D eigenvalue weighted by Crippen LogP contribution is -2.37. The second kappa shape index (κ2) is 8.14. The van der Waals surface area contributed by atoms with Gasteiger partial charge in [-0.25, -0.2) is 0 Å². The van der Waals surface area contributed by atoms with Gasteiger partial charge in [0.15, 0.2) is 0 Å². The molecule has 1 aliphatic carbocycles. The Labute approximate surface area is 131 Å². The maximum absolute atomic E-state index is 4.30. The van der Waals surface area contributed by atoms with E-state index in [1.165, 1.54) is 37.7 Å². The lowest BCUT2D eigenvalue weighted by atomic mass is 9.91. The van der Waals surface area contributed by atoms with Crippen molar-refractivity contribution in [1.29, 1.82) is 0 Å². The number of halogens is 1. The molecule has 0 radical (unpaired) electrons. The Kier molecular flexibility index (Phi) is 6.50. The highest BCUT2D eigenvalue weighted by Gasteiger charge is 2.29. The van der Waals surface area contributed by atoms with E-state index in [1.54, 1.807) is 0 Å². The molecule has 20 heavy (non-hydrogen) atoms. The minimum Gasteiger partial charge on any atom is -0.313 e. The molecule has 1 heterocycles. The second-order valence-electron chi connectivity index (χ2n) is 6.12. The number of rotatable bonds is 7. The smallest absolute Gasteiger partial charge is 0.0410 e. The highest BCUT2D eigenvalue weighted by Crippen LogP contribution is 2.35. The summed E-state index contributed by atoms with van der Waals surface area (Å²) in [5.41, 5.74) is 1.34. The first-order chi connectivity index (χ1) is 9.72. The van der Waals surface area contributed by atoms with E-state index in [4.69, 9.17) is 0 Å². The van der Waals surface area contributed by atoms with E-state index >= 15 is 0 Å². The van der Waals surface area contributed by atoms with Gasteiger partial charge in [-0.05, 0) is 71.6 Å². The quantitative estimate of drug-likeness (QED) is 0.786. The molecule has 1 aromatic rings. The van der Waals surface area contributed by atoms with Gasteiger partial charge >= 0.3 is 0 Å². The topological polar surface area (TPSA) is 24.9 Å². The first-order valence-corrected chi connectivity index (χ1v) is 8.85. The summed E-state index contributed by atoms with van der Waals surface area (Å²) >= 11 is 3.53. The third-order valence-corrected chi connectivity index (χ3v) is 5.04. The molecule has 1 saturated carbocycles. The van der Waals surface area contributed by atoms with Crippen LogP contribution in [0.5, 0.6) is 0 Å². The van der Waals surface area contributed by atoms with E-state index in [9.17, 15) is 0 Å². The van der Waals surface area contributed by atoms with Crippen molar-refractivity contribution in [3.63, 3.8) is 0 Å². The van der Waals surface area contributed by atoms with Gasteiger partial charge in [0.05, 0.1) is 0 Å². The van der Waals surface area contributed by atoms with E-state index in [1.807, 2.05) is 12.4 Å². The molecular weight excluding hydrogens is 312 g/mol. The molecule has 3 atom stereocenters. The van der Waals surface area contributed by atoms with E-state index in [2.05, 4.69) is 46.1 Å². The average molecular weight is 339 g/mol. The van der Waals surface area contributed by atoms with Crippen molar-refractivity contribution in [2.45, 2.75) is 58.4 Å². The van der Waals surface area contributed by atoms with Crippen molar-refractivity contribution in [2.75, 3.05) is 6.54 Å². The predicted octanol–water partition coefficient (Wildman–Crippen LogP) is 4.58. The Bertz CT molecular complexity index is 408. The van der Waals surface area contributed by atoms with E-state index in [-0.39, 0.29) is 0 Å². The molecular formula is C17H27BrN2. The number of aromatic nitrogens is 1. The molecule has 1 aliphatic rings. The van der Waals surface area contributed by atoms with Crippen molar-refractivity contribution in [1.82, 2.24) is 10.3 Å². The fraction of sp³-hybridized carbons (Fsp3) is 0.706. The number of nitrogens with zero attached hydrogens (tertiary/aromatic N) is 1. The fourth-order valence-corrected chi connectivity index (χ4v) is 3.82. The van der Waals surface area contributed by atoms with Crippen LogP contribution in [0.4, 0.5) is 0 Å². The molecule has 1 fully saturated rings. The predicted molar refractivity (Wildman–Crippen MR) is 88.8 cm³/mol. The molecule has 0 spiro atoms. The number of pyridine rings is 1. The van der Waals surface area contributed by atoms with Crippen molar-refractivity contribution in [3.8, 4) is 0 Å². The molecule has 2 nitrogen and oxygen atoms in total. The van der Waals surface area contributed by atoms with Gasteiger partial charge in [-0.15, -0.1) is 0 Å². The van der Waals surface area contributed by atoms with E-state index in [0.717, 1.165) is 29.3 Å². The minimum absolute atomic E-state index is 0.614. The van der Waals surface area contributed by atoms with Gasteiger partial charge in [-0.2, -0.15) is 0 Å². The van der Waals surface area contributed by atoms with Crippen LogP contribution >= 0.6 is 15.9 Å². The standard InChI is InChI=1S/C17H27BrN2/c1-3-7-20-17(15-6-5-13(4-2)8-15)10-14-9-16(18)12-19-11-14/h9,11-13,15,17,20H,3-8,10H2,1-2H3. The summed E-state index contributed by atoms with van der Waals surface area (Å²) in [4.78, 5) is 4.30. The molecule has 0 aromatic carbocycles. The second-order valence-corrected chi connectivity index (χ2v) is 7.04. The largest absolute Gasteiger partial charge is 0.313 e. The van der Waals surface area contributed by atoms with Crippen LogP contribution in [-0.2, 0) is 6.42 Å². The number of nitrogens with one attached hydrogen (secondary N) is 1. The third kappa shape index (κ3) is 4.56. The SMILES string of the molecule is CCCNC(Cc1cncc(Br)c1)C1CCC(CC)C1. The monoisotopic (exact) mass is 338 g/mol. The Morgan fingerprint density at radius 1 is 1.35 bits per heavy atom. The summed E-state index contributed by atoms with van der Waals surface area (Å²) < 4.78 is 1.09. The number of hydrogen-bond acceptors (Lipinski definition) is 2. The summed E-state index contributed by atoms with van der Waals surface area (Å²) in [5, 5.41) is 3.78.